The summed E-state index contributed by atoms with van der Waals surface area (Å²) in [6.45, 7) is 2.54. The number of methoxy groups -OCH3 is 1. The van der Waals surface area contributed by atoms with Crippen LogP contribution in [0.5, 0.6) is 0 Å². The first-order valence-corrected chi connectivity index (χ1v) is 9.39. The van der Waals surface area contributed by atoms with Crippen LogP contribution in [0.3, 0.4) is 0 Å². The molecule has 0 bridgehead atoms. The summed E-state index contributed by atoms with van der Waals surface area (Å²) >= 11 is 0. The molecule has 138 valence electrons. The van der Waals surface area contributed by atoms with E-state index in [1.807, 2.05) is 31.2 Å². The number of nitrogens with zero attached hydrogens (tertiary/aromatic N) is 3. The van der Waals surface area contributed by atoms with Gasteiger partial charge in [0.1, 0.15) is 6.04 Å². The molecule has 26 heavy (non-hydrogen) atoms. The molecule has 0 unspecified atom stereocenters. The predicted molar refractivity (Wildman–Crippen MR) is 96.2 cm³/mol. The first-order chi connectivity index (χ1) is 12.7. The van der Waals surface area contributed by atoms with Crippen LogP contribution >= 0.6 is 0 Å². The number of aromatic nitrogens is 2. The number of carbonyl (C=O) groups is 1. The summed E-state index contributed by atoms with van der Waals surface area (Å²) in [6.07, 6.45) is 5.64. The number of aryl methyl sites for hydroxylation is 1. The summed E-state index contributed by atoms with van der Waals surface area (Å²) in [4.78, 5) is 19.1. The molecule has 4 rings (SSSR count). The third-order valence-corrected chi connectivity index (χ3v) is 5.76. The molecule has 2 aromatic rings. The van der Waals surface area contributed by atoms with Crippen LogP contribution < -0.4 is 0 Å². The van der Waals surface area contributed by atoms with Gasteiger partial charge in [0.2, 0.25) is 11.7 Å². The number of benzene rings is 1. The fourth-order valence-electron chi connectivity index (χ4n) is 4.52. The van der Waals surface area contributed by atoms with E-state index in [9.17, 15) is 4.79 Å². The highest BCUT2D eigenvalue weighted by Gasteiger charge is 2.46. The molecule has 1 aliphatic heterocycles. The topological polar surface area (TPSA) is 68.5 Å². The Morgan fingerprint density at radius 3 is 3.00 bits per heavy atom. The predicted octanol–water partition coefficient (Wildman–Crippen LogP) is 3.35. The molecule has 0 amide bonds. The highest BCUT2D eigenvalue weighted by molar-refractivity contribution is 5.76. The second-order valence-electron chi connectivity index (χ2n) is 7.44. The molecular weight excluding hydrogens is 330 g/mol. The average Bonchev–Trinajstić information content (AvgIpc) is 3.27. The minimum atomic E-state index is -0.206. The Balaban J connectivity index is 1.55. The van der Waals surface area contributed by atoms with E-state index in [0.29, 0.717) is 30.2 Å². The zero-order valence-corrected chi connectivity index (χ0v) is 15.4. The molecule has 1 aromatic heterocycles. The smallest absolute Gasteiger partial charge is 0.323 e. The van der Waals surface area contributed by atoms with Crippen LogP contribution in [0, 0.1) is 12.8 Å². The maximum absolute atomic E-state index is 12.3. The van der Waals surface area contributed by atoms with Gasteiger partial charge in [0.05, 0.1) is 13.7 Å². The lowest BCUT2D eigenvalue weighted by Gasteiger charge is -2.32. The molecule has 1 saturated heterocycles. The van der Waals surface area contributed by atoms with Gasteiger partial charge in [-0.05, 0) is 38.2 Å². The standard InChI is InChI=1S/C20H25N3O3/c1-13-6-5-8-15(10-13)19-21-18(26-22-19)12-23-16-9-4-3-7-14(16)11-17(23)20(24)25-2/h5-6,8,10,14,16-17H,3-4,7,9,11-12H2,1-2H3/t14-,16+,17+/m1/s1. The molecule has 1 saturated carbocycles. The van der Waals surface area contributed by atoms with Gasteiger partial charge in [0.25, 0.3) is 0 Å². The number of carbonyl (C=O) groups excluding carboxylic acids is 1. The minimum absolute atomic E-state index is 0.155. The molecule has 0 spiro atoms. The van der Waals surface area contributed by atoms with Gasteiger partial charge in [-0.3, -0.25) is 9.69 Å². The van der Waals surface area contributed by atoms with Crippen molar-refractivity contribution in [2.45, 2.75) is 57.7 Å². The highest BCUT2D eigenvalue weighted by Crippen LogP contribution is 2.40. The van der Waals surface area contributed by atoms with Crippen molar-refractivity contribution in [3.8, 4) is 11.4 Å². The normalized spacial score (nSPS) is 25.8. The second kappa shape index (κ2) is 7.19. The number of rotatable bonds is 4. The van der Waals surface area contributed by atoms with Gasteiger partial charge in [-0.15, -0.1) is 0 Å². The van der Waals surface area contributed by atoms with Crippen LogP contribution in [0.25, 0.3) is 11.4 Å². The van der Waals surface area contributed by atoms with Crippen LogP contribution in [0.15, 0.2) is 28.8 Å². The lowest BCUT2D eigenvalue weighted by Crippen LogP contribution is -2.42. The van der Waals surface area contributed by atoms with Crippen molar-refractivity contribution in [2.24, 2.45) is 5.92 Å². The van der Waals surface area contributed by atoms with Crippen LogP contribution in [0.4, 0.5) is 0 Å². The van der Waals surface area contributed by atoms with E-state index in [-0.39, 0.29) is 12.0 Å². The number of ether oxygens (including phenoxy) is 1. The third-order valence-electron chi connectivity index (χ3n) is 5.76. The van der Waals surface area contributed by atoms with E-state index in [1.54, 1.807) is 0 Å². The summed E-state index contributed by atoms with van der Waals surface area (Å²) in [5.41, 5.74) is 2.10. The molecule has 2 heterocycles. The van der Waals surface area contributed by atoms with Crippen molar-refractivity contribution in [3.63, 3.8) is 0 Å². The SMILES string of the molecule is COC(=O)[C@@H]1C[C@H]2CCCC[C@@H]2N1Cc1nc(-c2cccc(C)c2)no1. The Hall–Kier alpha value is -2.21. The minimum Gasteiger partial charge on any atom is -0.468 e. The van der Waals surface area contributed by atoms with Crippen LogP contribution in [0.2, 0.25) is 0 Å². The van der Waals surface area contributed by atoms with Gasteiger partial charge in [-0.25, -0.2) is 0 Å². The molecule has 1 aromatic carbocycles. The molecule has 0 N–H and O–H groups in total. The summed E-state index contributed by atoms with van der Waals surface area (Å²) in [5, 5.41) is 4.13. The van der Waals surface area contributed by atoms with Crippen molar-refractivity contribution in [2.75, 3.05) is 7.11 Å². The number of likely N-dealkylation sites (tertiary alicyclic amines) is 1. The van der Waals surface area contributed by atoms with Gasteiger partial charge < -0.3 is 9.26 Å². The Morgan fingerprint density at radius 2 is 2.19 bits per heavy atom. The molecule has 0 radical (unpaired) electrons. The van der Waals surface area contributed by atoms with Crippen molar-refractivity contribution < 1.29 is 14.1 Å². The average molecular weight is 355 g/mol. The van der Waals surface area contributed by atoms with E-state index >= 15 is 0 Å². The van der Waals surface area contributed by atoms with Gasteiger partial charge in [0, 0.05) is 11.6 Å². The quantitative estimate of drug-likeness (QED) is 0.784. The van der Waals surface area contributed by atoms with Crippen molar-refractivity contribution in [1.29, 1.82) is 0 Å². The molecule has 2 fully saturated rings. The molecule has 1 aliphatic carbocycles. The zero-order valence-electron chi connectivity index (χ0n) is 15.4. The van der Waals surface area contributed by atoms with E-state index < -0.39 is 0 Å². The summed E-state index contributed by atoms with van der Waals surface area (Å²) in [6, 6.07) is 8.25. The van der Waals surface area contributed by atoms with Gasteiger partial charge in [-0.2, -0.15) is 4.98 Å². The summed E-state index contributed by atoms with van der Waals surface area (Å²) < 4.78 is 10.6. The van der Waals surface area contributed by atoms with E-state index in [2.05, 4.69) is 15.0 Å². The highest BCUT2D eigenvalue weighted by atomic mass is 16.5. The fraction of sp³-hybridized carbons (Fsp3) is 0.550. The van der Waals surface area contributed by atoms with Gasteiger partial charge in [-0.1, -0.05) is 41.8 Å². The molecule has 6 heteroatoms. The second-order valence-corrected chi connectivity index (χ2v) is 7.44. The summed E-state index contributed by atoms with van der Waals surface area (Å²) in [7, 11) is 1.46. The molecule has 6 nitrogen and oxygen atoms in total. The first-order valence-electron chi connectivity index (χ1n) is 9.39. The molecule has 3 atom stereocenters. The number of hydrogen-bond acceptors (Lipinski definition) is 6. The van der Waals surface area contributed by atoms with Gasteiger partial charge in [0.15, 0.2) is 0 Å². The zero-order chi connectivity index (χ0) is 18.1. The third kappa shape index (κ3) is 3.26. The number of fused-ring (bicyclic) bond motifs is 1. The molecular formula is C20H25N3O3. The van der Waals surface area contributed by atoms with Crippen LogP contribution in [-0.4, -0.2) is 40.2 Å². The van der Waals surface area contributed by atoms with Crippen molar-refractivity contribution in [1.82, 2.24) is 15.0 Å². The van der Waals surface area contributed by atoms with Crippen LogP contribution in [-0.2, 0) is 16.1 Å². The van der Waals surface area contributed by atoms with E-state index in [1.165, 1.54) is 26.4 Å². The number of esters is 1. The maximum atomic E-state index is 12.3. The van der Waals surface area contributed by atoms with Crippen molar-refractivity contribution >= 4 is 5.97 Å². The van der Waals surface area contributed by atoms with E-state index in [4.69, 9.17) is 9.26 Å². The van der Waals surface area contributed by atoms with E-state index in [0.717, 1.165) is 24.0 Å². The van der Waals surface area contributed by atoms with Crippen LogP contribution in [0.1, 0.15) is 43.6 Å². The lowest BCUT2D eigenvalue weighted by atomic mass is 9.85. The Kier molecular flexibility index (Phi) is 4.76. The molecule has 2 aliphatic rings. The fourth-order valence-corrected chi connectivity index (χ4v) is 4.52. The maximum Gasteiger partial charge on any atom is 0.323 e. The Morgan fingerprint density at radius 1 is 1.35 bits per heavy atom. The monoisotopic (exact) mass is 355 g/mol. The largest absolute Gasteiger partial charge is 0.468 e. The Bertz CT molecular complexity index is 788. The lowest BCUT2D eigenvalue weighted by molar-refractivity contribution is -0.146. The van der Waals surface area contributed by atoms with Gasteiger partial charge >= 0.3 is 5.97 Å². The van der Waals surface area contributed by atoms with Crippen molar-refractivity contribution in [3.05, 3.63) is 35.7 Å². The summed E-state index contributed by atoms with van der Waals surface area (Å²) in [5.74, 6) is 1.56. The Labute approximate surface area is 153 Å². The first kappa shape index (κ1) is 17.2. The number of hydrogen-bond donors (Lipinski definition) is 0.